The van der Waals surface area contributed by atoms with E-state index in [-0.39, 0.29) is 6.10 Å². The standard InChI is InChI=1S/C15H20N2O/c1-11(18)9-15-12(2)16-17(13(15)3)10-14-7-5-4-6-8-14/h4-8,11,18H,9-10H2,1-3H3/t11-/m0/s1. The largest absolute Gasteiger partial charge is 0.393 e. The average molecular weight is 244 g/mol. The predicted octanol–water partition coefficient (Wildman–Crippen LogP) is 2.47. The van der Waals surface area contributed by atoms with Crippen LogP contribution in [0.2, 0.25) is 0 Å². The van der Waals surface area contributed by atoms with E-state index in [1.807, 2.05) is 36.7 Å². The Balaban J connectivity index is 2.25. The molecule has 18 heavy (non-hydrogen) atoms. The molecule has 0 spiro atoms. The van der Waals surface area contributed by atoms with Crippen LogP contribution in [0.5, 0.6) is 0 Å². The Hall–Kier alpha value is -1.61. The Morgan fingerprint density at radius 2 is 1.89 bits per heavy atom. The maximum atomic E-state index is 9.52. The van der Waals surface area contributed by atoms with E-state index >= 15 is 0 Å². The van der Waals surface area contributed by atoms with Crippen LogP contribution in [0.25, 0.3) is 0 Å². The normalized spacial score (nSPS) is 12.7. The molecule has 96 valence electrons. The van der Waals surface area contributed by atoms with E-state index in [1.54, 1.807) is 0 Å². The molecule has 3 nitrogen and oxygen atoms in total. The van der Waals surface area contributed by atoms with Crippen LogP contribution >= 0.6 is 0 Å². The molecule has 1 N–H and O–H groups in total. The van der Waals surface area contributed by atoms with Crippen LogP contribution in [0.15, 0.2) is 30.3 Å². The number of aliphatic hydroxyl groups excluding tert-OH is 1. The van der Waals surface area contributed by atoms with Gasteiger partial charge in [-0.2, -0.15) is 5.10 Å². The molecule has 0 aliphatic heterocycles. The molecular weight excluding hydrogens is 224 g/mol. The van der Waals surface area contributed by atoms with Gasteiger partial charge in [-0.1, -0.05) is 30.3 Å². The number of benzene rings is 1. The second kappa shape index (κ2) is 5.36. The van der Waals surface area contributed by atoms with E-state index in [4.69, 9.17) is 0 Å². The van der Waals surface area contributed by atoms with Gasteiger partial charge in [0, 0.05) is 12.1 Å². The van der Waals surface area contributed by atoms with Gasteiger partial charge in [-0.15, -0.1) is 0 Å². The number of aliphatic hydroxyl groups is 1. The Morgan fingerprint density at radius 1 is 1.22 bits per heavy atom. The first-order chi connectivity index (χ1) is 8.58. The zero-order valence-electron chi connectivity index (χ0n) is 11.2. The molecule has 1 atom stereocenters. The quantitative estimate of drug-likeness (QED) is 0.897. The topological polar surface area (TPSA) is 38.0 Å². The minimum absolute atomic E-state index is 0.322. The van der Waals surface area contributed by atoms with Gasteiger partial charge in [0.25, 0.3) is 0 Å². The van der Waals surface area contributed by atoms with Crippen molar-refractivity contribution in [2.75, 3.05) is 0 Å². The maximum Gasteiger partial charge on any atom is 0.0662 e. The van der Waals surface area contributed by atoms with Crippen LogP contribution in [-0.2, 0) is 13.0 Å². The third-order valence-electron chi connectivity index (χ3n) is 3.21. The molecule has 1 heterocycles. The van der Waals surface area contributed by atoms with Crippen LogP contribution in [-0.4, -0.2) is 21.0 Å². The number of hydrogen-bond acceptors (Lipinski definition) is 2. The molecule has 0 saturated carbocycles. The lowest BCUT2D eigenvalue weighted by Crippen LogP contribution is -2.07. The molecule has 0 aliphatic carbocycles. The highest BCUT2D eigenvalue weighted by Crippen LogP contribution is 2.16. The highest BCUT2D eigenvalue weighted by molar-refractivity contribution is 5.26. The summed E-state index contributed by atoms with van der Waals surface area (Å²) in [6.07, 6.45) is 0.351. The summed E-state index contributed by atoms with van der Waals surface area (Å²) < 4.78 is 2.02. The van der Waals surface area contributed by atoms with E-state index < -0.39 is 0 Å². The van der Waals surface area contributed by atoms with Crippen molar-refractivity contribution >= 4 is 0 Å². The van der Waals surface area contributed by atoms with E-state index in [2.05, 4.69) is 24.2 Å². The van der Waals surface area contributed by atoms with Crippen molar-refractivity contribution in [1.82, 2.24) is 9.78 Å². The summed E-state index contributed by atoms with van der Waals surface area (Å²) >= 11 is 0. The molecular formula is C15H20N2O. The number of aromatic nitrogens is 2. The van der Waals surface area contributed by atoms with E-state index in [0.29, 0.717) is 6.42 Å². The lowest BCUT2D eigenvalue weighted by atomic mass is 10.1. The summed E-state index contributed by atoms with van der Waals surface area (Å²) in [5.41, 5.74) is 4.58. The van der Waals surface area contributed by atoms with Crippen LogP contribution in [0, 0.1) is 13.8 Å². The highest BCUT2D eigenvalue weighted by Gasteiger charge is 2.13. The van der Waals surface area contributed by atoms with Gasteiger partial charge in [-0.05, 0) is 31.9 Å². The zero-order chi connectivity index (χ0) is 13.1. The van der Waals surface area contributed by atoms with Crippen LogP contribution in [0.4, 0.5) is 0 Å². The van der Waals surface area contributed by atoms with Gasteiger partial charge in [0.2, 0.25) is 0 Å². The number of aryl methyl sites for hydroxylation is 1. The molecule has 0 amide bonds. The fraction of sp³-hybridized carbons (Fsp3) is 0.400. The summed E-state index contributed by atoms with van der Waals surface area (Å²) in [4.78, 5) is 0. The van der Waals surface area contributed by atoms with E-state index in [0.717, 1.165) is 17.9 Å². The molecule has 3 heteroatoms. The molecule has 0 bridgehead atoms. The van der Waals surface area contributed by atoms with Crippen molar-refractivity contribution in [3.63, 3.8) is 0 Å². The van der Waals surface area contributed by atoms with Gasteiger partial charge in [-0.3, -0.25) is 4.68 Å². The van der Waals surface area contributed by atoms with Gasteiger partial charge < -0.3 is 5.11 Å². The second-order valence-electron chi connectivity index (χ2n) is 4.85. The fourth-order valence-electron chi connectivity index (χ4n) is 2.24. The van der Waals surface area contributed by atoms with Crippen LogP contribution in [0.1, 0.15) is 29.4 Å². The van der Waals surface area contributed by atoms with Gasteiger partial charge in [-0.25, -0.2) is 0 Å². The SMILES string of the molecule is Cc1nn(Cc2ccccc2)c(C)c1C[C@H](C)O. The van der Waals surface area contributed by atoms with Gasteiger partial charge in [0.1, 0.15) is 0 Å². The van der Waals surface area contributed by atoms with Gasteiger partial charge in [0.05, 0.1) is 18.3 Å². The summed E-state index contributed by atoms with van der Waals surface area (Å²) in [6, 6.07) is 10.3. The van der Waals surface area contributed by atoms with Gasteiger partial charge in [0.15, 0.2) is 0 Å². The number of nitrogens with zero attached hydrogens (tertiary/aromatic N) is 2. The predicted molar refractivity (Wildman–Crippen MR) is 72.6 cm³/mol. The maximum absolute atomic E-state index is 9.52. The second-order valence-corrected chi connectivity index (χ2v) is 4.85. The third kappa shape index (κ3) is 2.79. The lowest BCUT2D eigenvalue weighted by molar-refractivity contribution is 0.195. The monoisotopic (exact) mass is 244 g/mol. The Labute approximate surface area is 108 Å². The van der Waals surface area contributed by atoms with Crippen molar-refractivity contribution in [2.24, 2.45) is 0 Å². The van der Waals surface area contributed by atoms with Crippen molar-refractivity contribution in [2.45, 2.75) is 39.8 Å². The van der Waals surface area contributed by atoms with E-state index in [9.17, 15) is 5.11 Å². The molecule has 0 radical (unpaired) electrons. The summed E-state index contributed by atoms with van der Waals surface area (Å²) in [7, 11) is 0. The fourth-order valence-corrected chi connectivity index (χ4v) is 2.24. The molecule has 0 saturated heterocycles. The molecule has 1 aromatic heterocycles. The first-order valence-corrected chi connectivity index (χ1v) is 6.33. The van der Waals surface area contributed by atoms with Crippen LogP contribution in [0.3, 0.4) is 0 Å². The summed E-state index contributed by atoms with van der Waals surface area (Å²) in [6.45, 7) is 6.67. The summed E-state index contributed by atoms with van der Waals surface area (Å²) in [5, 5.41) is 14.1. The highest BCUT2D eigenvalue weighted by atomic mass is 16.3. The number of hydrogen-bond donors (Lipinski definition) is 1. The average Bonchev–Trinajstić information content (AvgIpc) is 2.58. The van der Waals surface area contributed by atoms with E-state index in [1.165, 1.54) is 11.1 Å². The lowest BCUT2D eigenvalue weighted by Gasteiger charge is -2.07. The van der Waals surface area contributed by atoms with Crippen molar-refractivity contribution < 1.29 is 5.11 Å². The van der Waals surface area contributed by atoms with Gasteiger partial charge >= 0.3 is 0 Å². The molecule has 2 rings (SSSR count). The Kier molecular flexibility index (Phi) is 3.82. The molecule has 2 aromatic rings. The minimum atomic E-state index is -0.322. The van der Waals surface area contributed by atoms with Crippen molar-refractivity contribution in [3.8, 4) is 0 Å². The molecule has 0 unspecified atom stereocenters. The molecule has 0 fully saturated rings. The Morgan fingerprint density at radius 3 is 2.50 bits per heavy atom. The molecule has 1 aromatic carbocycles. The van der Waals surface area contributed by atoms with Crippen molar-refractivity contribution in [3.05, 3.63) is 52.8 Å². The third-order valence-corrected chi connectivity index (χ3v) is 3.21. The smallest absolute Gasteiger partial charge is 0.0662 e. The first-order valence-electron chi connectivity index (χ1n) is 6.33. The number of rotatable bonds is 4. The zero-order valence-corrected chi connectivity index (χ0v) is 11.2. The summed E-state index contributed by atoms with van der Waals surface area (Å²) in [5.74, 6) is 0. The van der Waals surface area contributed by atoms with Crippen molar-refractivity contribution in [1.29, 1.82) is 0 Å². The first kappa shape index (κ1) is 12.8. The molecule has 0 aliphatic rings. The minimum Gasteiger partial charge on any atom is -0.393 e. The van der Waals surface area contributed by atoms with Crippen LogP contribution < -0.4 is 0 Å². The Bertz CT molecular complexity index is 515.